The number of fused-ring (bicyclic) bond motifs is 1. The van der Waals surface area contributed by atoms with Gasteiger partial charge < -0.3 is 11.1 Å². The summed E-state index contributed by atoms with van der Waals surface area (Å²) < 4.78 is 0. The maximum absolute atomic E-state index is 11.7. The Morgan fingerprint density at radius 2 is 1.95 bits per heavy atom. The highest BCUT2D eigenvalue weighted by atomic mass is 35.5. The molecular weight excluding hydrogens is 260 g/mol. The minimum absolute atomic E-state index is 0. The van der Waals surface area contributed by atoms with Gasteiger partial charge >= 0.3 is 0 Å². The van der Waals surface area contributed by atoms with Crippen LogP contribution in [-0.4, -0.2) is 19.0 Å². The second-order valence-electron chi connectivity index (χ2n) is 4.98. The molecule has 0 saturated carbocycles. The van der Waals surface area contributed by atoms with Gasteiger partial charge in [0.1, 0.15) is 0 Å². The number of amides is 1. The molecule has 3 N–H and O–H groups in total. The van der Waals surface area contributed by atoms with Gasteiger partial charge in [-0.1, -0.05) is 18.2 Å². The molecule has 0 saturated heterocycles. The summed E-state index contributed by atoms with van der Waals surface area (Å²) in [5.41, 5.74) is 9.42. The summed E-state index contributed by atoms with van der Waals surface area (Å²) in [4.78, 5) is 11.7. The second-order valence-corrected chi connectivity index (χ2v) is 4.98. The van der Waals surface area contributed by atoms with E-state index in [0.717, 1.165) is 18.4 Å². The molecule has 0 fully saturated rings. The van der Waals surface area contributed by atoms with Crippen LogP contribution >= 0.6 is 12.4 Å². The number of nitrogens with one attached hydrogen (secondary N) is 1. The molecule has 1 aliphatic rings. The van der Waals surface area contributed by atoms with Crippen LogP contribution < -0.4 is 11.1 Å². The minimum Gasteiger partial charge on any atom is -0.356 e. The zero-order chi connectivity index (χ0) is 12.8. The maximum Gasteiger partial charge on any atom is 0.224 e. The van der Waals surface area contributed by atoms with Gasteiger partial charge in [-0.2, -0.15) is 0 Å². The van der Waals surface area contributed by atoms with E-state index < -0.39 is 0 Å². The lowest BCUT2D eigenvalue weighted by Gasteiger charge is -2.16. The summed E-state index contributed by atoms with van der Waals surface area (Å²) >= 11 is 0. The van der Waals surface area contributed by atoms with Crippen molar-refractivity contribution in [1.82, 2.24) is 5.32 Å². The molecule has 0 aliphatic heterocycles. The van der Waals surface area contributed by atoms with Crippen molar-refractivity contribution in [3.8, 4) is 0 Å². The smallest absolute Gasteiger partial charge is 0.224 e. The summed E-state index contributed by atoms with van der Waals surface area (Å²) in [6.45, 7) is 1.30. The first kappa shape index (κ1) is 16.0. The summed E-state index contributed by atoms with van der Waals surface area (Å²) in [6, 6.07) is 6.49. The predicted octanol–water partition coefficient (Wildman–Crippen LogP) is 1.99. The van der Waals surface area contributed by atoms with Gasteiger partial charge in [-0.15, -0.1) is 12.4 Å². The van der Waals surface area contributed by atoms with Crippen molar-refractivity contribution < 1.29 is 4.79 Å². The summed E-state index contributed by atoms with van der Waals surface area (Å²) in [6.07, 6.45) is 6.26. The molecule has 0 spiro atoms. The van der Waals surface area contributed by atoms with Crippen molar-refractivity contribution in [3.63, 3.8) is 0 Å². The lowest BCUT2D eigenvalue weighted by Crippen LogP contribution is -2.27. The van der Waals surface area contributed by atoms with E-state index in [1.807, 2.05) is 0 Å². The molecule has 3 nitrogen and oxygen atoms in total. The minimum atomic E-state index is 0. The van der Waals surface area contributed by atoms with Gasteiger partial charge in [0, 0.05) is 6.54 Å². The molecule has 1 aromatic rings. The van der Waals surface area contributed by atoms with E-state index >= 15 is 0 Å². The monoisotopic (exact) mass is 282 g/mol. The summed E-state index contributed by atoms with van der Waals surface area (Å²) in [5, 5.41) is 2.89. The van der Waals surface area contributed by atoms with Gasteiger partial charge in [0.25, 0.3) is 0 Å². The van der Waals surface area contributed by atoms with Crippen LogP contribution in [0.2, 0.25) is 0 Å². The topological polar surface area (TPSA) is 55.1 Å². The quantitative estimate of drug-likeness (QED) is 0.812. The Morgan fingerprint density at radius 1 is 1.21 bits per heavy atom. The van der Waals surface area contributed by atoms with Gasteiger partial charge in [-0.3, -0.25) is 4.79 Å². The number of rotatable bonds is 5. The molecule has 2 rings (SSSR count). The van der Waals surface area contributed by atoms with E-state index in [1.165, 1.54) is 30.4 Å². The van der Waals surface area contributed by atoms with Crippen LogP contribution in [0.15, 0.2) is 18.2 Å². The van der Waals surface area contributed by atoms with Gasteiger partial charge in [0.05, 0.1) is 6.42 Å². The van der Waals surface area contributed by atoms with E-state index in [9.17, 15) is 4.79 Å². The van der Waals surface area contributed by atoms with Crippen LogP contribution in [0.3, 0.4) is 0 Å². The average molecular weight is 283 g/mol. The Hall–Kier alpha value is -1.06. The van der Waals surface area contributed by atoms with Gasteiger partial charge in [-0.05, 0) is 55.3 Å². The van der Waals surface area contributed by atoms with Crippen molar-refractivity contribution in [2.75, 3.05) is 13.1 Å². The zero-order valence-electron chi connectivity index (χ0n) is 11.3. The first-order valence-corrected chi connectivity index (χ1v) is 6.87. The van der Waals surface area contributed by atoms with Gasteiger partial charge in [0.2, 0.25) is 5.91 Å². The average Bonchev–Trinajstić information content (AvgIpc) is 2.39. The third-order valence-electron chi connectivity index (χ3n) is 3.48. The molecule has 1 aromatic carbocycles. The molecule has 0 bridgehead atoms. The third kappa shape index (κ3) is 4.84. The van der Waals surface area contributed by atoms with E-state index in [4.69, 9.17) is 5.73 Å². The van der Waals surface area contributed by atoms with Crippen LogP contribution in [0.4, 0.5) is 0 Å². The number of hydrogen-bond acceptors (Lipinski definition) is 2. The fraction of sp³-hybridized carbons (Fsp3) is 0.533. The highest BCUT2D eigenvalue weighted by Crippen LogP contribution is 2.22. The fourth-order valence-electron chi connectivity index (χ4n) is 2.47. The number of benzene rings is 1. The van der Waals surface area contributed by atoms with Crippen molar-refractivity contribution in [1.29, 1.82) is 0 Å². The highest BCUT2D eigenvalue weighted by Gasteiger charge is 2.10. The number of halogens is 1. The maximum atomic E-state index is 11.7. The first-order chi connectivity index (χ1) is 8.79. The first-order valence-electron chi connectivity index (χ1n) is 6.87. The van der Waals surface area contributed by atoms with Gasteiger partial charge in [-0.25, -0.2) is 0 Å². The summed E-state index contributed by atoms with van der Waals surface area (Å²) in [7, 11) is 0. The lowest BCUT2D eigenvalue weighted by molar-refractivity contribution is -0.120. The molecule has 0 aromatic heterocycles. The SMILES string of the molecule is Cl.NCCCNC(=O)Cc1ccc2c(c1)CCCC2. The Bertz CT molecular complexity index is 421. The van der Waals surface area contributed by atoms with Crippen LogP contribution in [0, 0.1) is 0 Å². The Labute approximate surface area is 121 Å². The van der Waals surface area contributed by atoms with Crippen molar-refractivity contribution >= 4 is 18.3 Å². The second kappa shape index (κ2) is 8.18. The van der Waals surface area contributed by atoms with Crippen molar-refractivity contribution in [2.45, 2.75) is 38.5 Å². The summed E-state index contributed by atoms with van der Waals surface area (Å²) in [5.74, 6) is 0.0965. The molecule has 0 unspecified atom stereocenters. The fourth-order valence-corrected chi connectivity index (χ4v) is 2.47. The number of aryl methyl sites for hydroxylation is 2. The highest BCUT2D eigenvalue weighted by molar-refractivity contribution is 5.85. The predicted molar refractivity (Wildman–Crippen MR) is 80.7 cm³/mol. The molecule has 4 heteroatoms. The van der Waals surface area contributed by atoms with Crippen LogP contribution in [0.5, 0.6) is 0 Å². The van der Waals surface area contributed by atoms with Crippen molar-refractivity contribution in [3.05, 3.63) is 34.9 Å². The number of hydrogen-bond donors (Lipinski definition) is 2. The third-order valence-corrected chi connectivity index (χ3v) is 3.48. The van der Waals surface area contributed by atoms with Crippen molar-refractivity contribution in [2.24, 2.45) is 5.73 Å². The van der Waals surface area contributed by atoms with E-state index in [2.05, 4.69) is 23.5 Å². The van der Waals surface area contributed by atoms with E-state index in [1.54, 1.807) is 0 Å². The number of nitrogens with two attached hydrogens (primary N) is 1. The molecule has 0 atom stereocenters. The molecular formula is C15H23ClN2O. The largest absolute Gasteiger partial charge is 0.356 e. The molecule has 1 amide bonds. The zero-order valence-corrected chi connectivity index (χ0v) is 12.1. The number of carbonyl (C=O) groups is 1. The van der Waals surface area contributed by atoms with Crippen LogP contribution in [0.25, 0.3) is 0 Å². The van der Waals surface area contributed by atoms with Gasteiger partial charge in [0.15, 0.2) is 0 Å². The normalized spacial score (nSPS) is 13.3. The van der Waals surface area contributed by atoms with Crippen LogP contribution in [-0.2, 0) is 24.1 Å². The Kier molecular flexibility index (Phi) is 6.89. The number of carbonyl (C=O) groups excluding carboxylic acids is 1. The molecule has 0 radical (unpaired) electrons. The van der Waals surface area contributed by atoms with E-state index in [0.29, 0.717) is 19.5 Å². The Morgan fingerprint density at radius 3 is 2.68 bits per heavy atom. The molecule has 0 heterocycles. The van der Waals surface area contributed by atoms with Crippen LogP contribution in [0.1, 0.15) is 36.0 Å². The lowest BCUT2D eigenvalue weighted by atomic mass is 9.90. The Balaban J connectivity index is 0.00000180. The molecule has 1 aliphatic carbocycles. The van der Waals surface area contributed by atoms with E-state index in [-0.39, 0.29) is 18.3 Å². The molecule has 19 heavy (non-hydrogen) atoms. The standard InChI is InChI=1S/C15H22N2O.ClH/c16-8-3-9-17-15(18)11-12-6-7-13-4-1-2-5-14(13)10-12;/h6-7,10H,1-5,8-9,11,16H2,(H,17,18);1H. The molecule has 106 valence electrons.